The Morgan fingerprint density at radius 2 is 1.71 bits per heavy atom. The lowest BCUT2D eigenvalue weighted by Crippen LogP contribution is -2.36. The second-order valence-electron chi connectivity index (χ2n) is 7.45. The van der Waals surface area contributed by atoms with Crippen LogP contribution in [-0.2, 0) is 22.3 Å². The first-order valence-electron chi connectivity index (χ1n) is 10.6. The lowest BCUT2D eigenvalue weighted by molar-refractivity contribution is -0.138. The molecule has 0 aromatic heterocycles. The van der Waals surface area contributed by atoms with Crippen LogP contribution in [0.2, 0.25) is 0 Å². The molecule has 34 heavy (non-hydrogen) atoms. The fourth-order valence-electron chi connectivity index (χ4n) is 3.61. The van der Waals surface area contributed by atoms with Crippen molar-refractivity contribution >= 4 is 17.7 Å². The summed E-state index contributed by atoms with van der Waals surface area (Å²) in [5.41, 5.74) is 0.285. The van der Waals surface area contributed by atoms with Gasteiger partial charge in [0.1, 0.15) is 0 Å². The monoisotopic (exact) mass is 480 g/mol. The Bertz CT molecular complexity index is 1010. The Morgan fingerprint density at radius 1 is 1.06 bits per heavy atom. The second kappa shape index (κ2) is 11.1. The molecule has 0 saturated carbocycles. The third-order valence-electron chi connectivity index (χ3n) is 5.34. The number of carbonyl (C=O) groups is 1. The first-order valence-corrected chi connectivity index (χ1v) is 10.6. The summed E-state index contributed by atoms with van der Waals surface area (Å²) < 4.78 is 62.1. The zero-order chi connectivity index (χ0) is 24.7. The van der Waals surface area contributed by atoms with Crippen molar-refractivity contribution in [3.05, 3.63) is 53.1 Å². The zero-order valence-electron chi connectivity index (χ0n) is 19.2. The number of hydrogen-bond acceptors (Lipinski definition) is 6. The zero-order valence-corrected chi connectivity index (χ0v) is 19.2. The first kappa shape index (κ1) is 25.2. The summed E-state index contributed by atoms with van der Waals surface area (Å²) in [6.07, 6.45) is -1.81. The molecule has 1 saturated heterocycles. The number of nitrogens with one attached hydrogen (secondary N) is 1. The van der Waals surface area contributed by atoms with Gasteiger partial charge in [0.2, 0.25) is 11.7 Å². The van der Waals surface area contributed by atoms with Gasteiger partial charge in [0.25, 0.3) is 0 Å². The lowest BCUT2D eigenvalue weighted by Gasteiger charge is -2.29. The number of nitrogens with zero attached hydrogens (tertiary/aromatic N) is 1. The molecule has 0 aliphatic carbocycles. The number of benzene rings is 2. The standard InChI is InChI=1S/C24H27F3N2O5/c1-31-20-12-16(13-21(32-2)23(20)33-3)4-7-22(30)28-15-17-5-6-18(14-19(17)24(25,26)27)29-8-10-34-11-9-29/h4-7,12-14H,8-11,15H2,1-3H3,(H,28,30). The third-order valence-corrected chi connectivity index (χ3v) is 5.34. The van der Waals surface area contributed by atoms with Crippen molar-refractivity contribution in [2.75, 3.05) is 52.5 Å². The molecule has 1 fully saturated rings. The number of anilines is 1. The summed E-state index contributed by atoms with van der Waals surface area (Å²) >= 11 is 0. The molecule has 2 aromatic rings. The quantitative estimate of drug-likeness (QED) is 0.578. The van der Waals surface area contributed by atoms with Crippen LogP contribution in [0, 0.1) is 0 Å². The number of rotatable bonds is 8. The van der Waals surface area contributed by atoms with E-state index in [2.05, 4.69) is 5.32 Å². The average molecular weight is 480 g/mol. The minimum Gasteiger partial charge on any atom is -0.493 e. The number of carbonyl (C=O) groups excluding carboxylic acids is 1. The molecule has 0 unspecified atom stereocenters. The van der Waals surface area contributed by atoms with Gasteiger partial charge in [0.15, 0.2) is 11.5 Å². The molecule has 1 N–H and O–H groups in total. The highest BCUT2D eigenvalue weighted by atomic mass is 19.4. The van der Waals surface area contributed by atoms with Gasteiger partial charge in [-0.3, -0.25) is 4.79 Å². The summed E-state index contributed by atoms with van der Waals surface area (Å²) in [6, 6.07) is 7.46. The minimum atomic E-state index is -4.55. The molecule has 0 spiro atoms. The molecule has 184 valence electrons. The fraction of sp³-hybridized carbons (Fsp3) is 0.375. The van der Waals surface area contributed by atoms with E-state index in [0.29, 0.717) is 54.8 Å². The van der Waals surface area contributed by atoms with Crippen LogP contribution >= 0.6 is 0 Å². The predicted molar refractivity (Wildman–Crippen MR) is 121 cm³/mol. The van der Waals surface area contributed by atoms with E-state index in [-0.39, 0.29) is 12.1 Å². The van der Waals surface area contributed by atoms with Gasteiger partial charge in [0.05, 0.1) is 40.1 Å². The van der Waals surface area contributed by atoms with Crippen LogP contribution in [0.4, 0.5) is 18.9 Å². The molecule has 2 aromatic carbocycles. The van der Waals surface area contributed by atoms with E-state index in [0.717, 1.165) is 6.07 Å². The number of methoxy groups -OCH3 is 3. The van der Waals surface area contributed by atoms with Crippen LogP contribution in [0.1, 0.15) is 16.7 Å². The van der Waals surface area contributed by atoms with E-state index in [4.69, 9.17) is 18.9 Å². The maximum atomic E-state index is 13.7. The number of halogens is 3. The fourth-order valence-corrected chi connectivity index (χ4v) is 3.61. The highest BCUT2D eigenvalue weighted by molar-refractivity contribution is 5.91. The van der Waals surface area contributed by atoms with Crippen LogP contribution < -0.4 is 24.4 Å². The smallest absolute Gasteiger partial charge is 0.416 e. The van der Waals surface area contributed by atoms with E-state index < -0.39 is 17.6 Å². The van der Waals surface area contributed by atoms with Gasteiger partial charge < -0.3 is 29.2 Å². The predicted octanol–water partition coefficient (Wildman–Crippen LogP) is 3.90. The largest absolute Gasteiger partial charge is 0.493 e. The van der Waals surface area contributed by atoms with Gasteiger partial charge in [-0.05, 0) is 41.5 Å². The molecule has 1 aliphatic heterocycles. The van der Waals surface area contributed by atoms with Crippen LogP contribution in [0.15, 0.2) is 36.4 Å². The molecule has 1 amide bonds. The molecule has 1 aliphatic rings. The number of morpholine rings is 1. The Balaban J connectivity index is 1.72. The normalized spacial score (nSPS) is 14.2. The number of hydrogen-bond donors (Lipinski definition) is 1. The third kappa shape index (κ3) is 6.13. The second-order valence-corrected chi connectivity index (χ2v) is 7.45. The van der Waals surface area contributed by atoms with Crippen molar-refractivity contribution in [3.8, 4) is 17.2 Å². The molecule has 0 radical (unpaired) electrons. The van der Waals surface area contributed by atoms with Crippen molar-refractivity contribution in [2.45, 2.75) is 12.7 Å². The summed E-state index contributed by atoms with van der Waals surface area (Å²) in [6.45, 7) is 1.73. The summed E-state index contributed by atoms with van der Waals surface area (Å²) in [7, 11) is 4.42. The van der Waals surface area contributed by atoms with Gasteiger partial charge in [-0.2, -0.15) is 13.2 Å². The van der Waals surface area contributed by atoms with Crippen molar-refractivity contribution in [3.63, 3.8) is 0 Å². The highest BCUT2D eigenvalue weighted by Gasteiger charge is 2.34. The Hall–Kier alpha value is -3.40. The van der Waals surface area contributed by atoms with E-state index in [9.17, 15) is 18.0 Å². The number of amides is 1. The van der Waals surface area contributed by atoms with Crippen molar-refractivity contribution in [1.82, 2.24) is 5.32 Å². The maximum absolute atomic E-state index is 13.7. The van der Waals surface area contributed by atoms with E-state index in [1.54, 1.807) is 18.2 Å². The summed E-state index contributed by atoms with van der Waals surface area (Å²) in [5.74, 6) is 0.695. The topological polar surface area (TPSA) is 69.3 Å². The number of ether oxygens (including phenoxy) is 4. The SMILES string of the molecule is COc1cc(C=CC(=O)NCc2ccc(N3CCOCC3)cc2C(F)(F)F)cc(OC)c1OC. The molecule has 7 nitrogen and oxygen atoms in total. The van der Waals surface area contributed by atoms with E-state index >= 15 is 0 Å². The highest BCUT2D eigenvalue weighted by Crippen LogP contribution is 2.38. The van der Waals surface area contributed by atoms with Gasteiger partial charge in [0, 0.05) is 31.4 Å². The molecular weight excluding hydrogens is 453 g/mol. The van der Waals surface area contributed by atoms with Crippen molar-refractivity contribution < 1.29 is 36.9 Å². The first-order chi connectivity index (χ1) is 16.3. The summed E-state index contributed by atoms with van der Waals surface area (Å²) in [5, 5.41) is 2.51. The number of alkyl halides is 3. The summed E-state index contributed by atoms with van der Waals surface area (Å²) in [4.78, 5) is 14.2. The Labute approximate surface area is 196 Å². The molecular formula is C24H27F3N2O5. The average Bonchev–Trinajstić information content (AvgIpc) is 2.85. The van der Waals surface area contributed by atoms with Crippen LogP contribution in [0.3, 0.4) is 0 Å². The van der Waals surface area contributed by atoms with Gasteiger partial charge in [-0.25, -0.2) is 0 Å². The van der Waals surface area contributed by atoms with Crippen LogP contribution in [0.25, 0.3) is 6.08 Å². The molecule has 3 rings (SSSR count). The van der Waals surface area contributed by atoms with Gasteiger partial charge in [-0.15, -0.1) is 0 Å². The lowest BCUT2D eigenvalue weighted by atomic mass is 10.0. The minimum absolute atomic E-state index is 0.0148. The van der Waals surface area contributed by atoms with E-state index in [1.807, 2.05) is 4.90 Å². The molecule has 0 bridgehead atoms. The van der Waals surface area contributed by atoms with Gasteiger partial charge >= 0.3 is 6.18 Å². The molecule has 1 heterocycles. The molecule has 0 atom stereocenters. The van der Waals surface area contributed by atoms with E-state index in [1.165, 1.54) is 39.5 Å². The van der Waals surface area contributed by atoms with Crippen LogP contribution in [0.5, 0.6) is 17.2 Å². The van der Waals surface area contributed by atoms with Crippen LogP contribution in [-0.4, -0.2) is 53.5 Å². The van der Waals surface area contributed by atoms with Gasteiger partial charge in [-0.1, -0.05) is 6.07 Å². The van der Waals surface area contributed by atoms with Crippen molar-refractivity contribution in [2.24, 2.45) is 0 Å². The van der Waals surface area contributed by atoms with Crippen molar-refractivity contribution in [1.29, 1.82) is 0 Å². The maximum Gasteiger partial charge on any atom is 0.416 e. The molecule has 10 heteroatoms. The Kier molecular flexibility index (Phi) is 8.27. The Morgan fingerprint density at radius 3 is 2.26 bits per heavy atom.